The van der Waals surface area contributed by atoms with Crippen molar-refractivity contribution in [3.05, 3.63) is 58.9 Å². The topological polar surface area (TPSA) is 77.0 Å². The summed E-state index contributed by atoms with van der Waals surface area (Å²) in [6.45, 7) is 2.48. The van der Waals surface area contributed by atoms with Gasteiger partial charge in [-0.05, 0) is 36.8 Å². The highest BCUT2D eigenvalue weighted by Gasteiger charge is 2.15. The fourth-order valence-electron chi connectivity index (χ4n) is 2.92. The van der Waals surface area contributed by atoms with Crippen molar-refractivity contribution in [1.82, 2.24) is 19.7 Å². The van der Waals surface area contributed by atoms with Crippen LogP contribution in [0.1, 0.15) is 11.4 Å². The van der Waals surface area contributed by atoms with Gasteiger partial charge in [-0.3, -0.25) is 0 Å². The van der Waals surface area contributed by atoms with Crippen LogP contribution in [0.5, 0.6) is 0 Å². The summed E-state index contributed by atoms with van der Waals surface area (Å²) < 4.78 is 7.76. The molecule has 0 amide bonds. The minimum absolute atomic E-state index is 0.0215. The van der Waals surface area contributed by atoms with Crippen LogP contribution in [0.2, 0.25) is 5.02 Å². The smallest absolute Gasteiger partial charge is 0.277 e. The lowest BCUT2D eigenvalue weighted by molar-refractivity contribution is 0.276. The van der Waals surface area contributed by atoms with Gasteiger partial charge in [0.1, 0.15) is 5.82 Å². The van der Waals surface area contributed by atoms with Crippen LogP contribution in [0.15, 0.2) is 52.1 Å². The fraction of sp³-hybridized carbons (Fsp3) is 0.211. The van der Waals surface area contributed by atoms with Crippen molar-refractivity contribution in [2.75, 3.05) is 6.61 Å². The standard InChI is InChI=1S/C19H17ClN4O2S/c1-12-4-2-3-5-14(12)18-22-23-19(26-18)27-11-17-21-15-7-6-13(20)10-16(15)24(17)8-9-25/h2-7,10,25H,8-9,11H2,1H3. The summed E-state index contributed by atoms with van der Waals surface area (Å²) in [6.07, 6.45) is 0. The molecule has 2 aromatic heterocycles. The zero-order valence-electron chi connectivity index (χ0n) is 14.6. The van der Waals surface area contributed by atoms with Gasteiger partial charge in [0.05, 0.1) is 23.4 Å². The van der Waals surface area contributed by atoms with E-state index in [0.29, 0.717) is 28.4 Å². The first-order valence-corrected chi connectivity index (χ1v) is 9.80. The molecule has 0 atom stereocenters. The summed E-state index contributed by atoms with van der Waals surface area (Å²) in [5.74, 6) is 1.87. The second-order valence-corrected chi connectivity index (χ2v) is 7.38. The number of benzene rings is 2. The van der Waals surface area contributed by atoms with E-state index >= 15 is 0 Å². The maximum atomic E-state index is 9.40. The molecule has 0 aliphatic carbocycles. The van der Waals surface area contributed by atoms with Crippen LogP contribution in [-0.4, -0.2) is 31.5 Å². The van der Waals surface area contributed by atoms with Crippen molar-refractivity contribution in [1.29, 1.82) is 0 Å². The number of thioether (sulfide) groups is 1. The van der Waals surface area contributed by atoms with Crippen LogP contribution < -0.4 is 0 Å². The van der Waals surface area contributed by atoms with Crippen LogP contribution in [0.4, 0.5) is 0 Å². The van der Waals surface area contributed by atoms with Gasteiger partial charge in [-0.25, -0.2) is 4.98 Å². The maximum absolute atomic E-state index is 9.40. The van der Waals surface area contributed by atoms with E-state index in [1.807, 2.05) is 54.0 Å². The number of hydrogen-bond acceptors (Lipinski definition) is 6. The average molecular weight is 401 g/mol. The molecule has 0 saturated heterocycles. The molecule has 4 aromatic rings. The summed E-state index contributed by atoms with van der Waals surface area (Å²) in [6, 6.07) is 13.4. The maximum Gasteiger partial charge on any atom is 0.277 e. The van der Waals surface area contributed by atoms with Crippen molar-refractivity contribution < 1.29 is 9.52 Å². The average Bonchev–Trinajstić information content (AvgIpc) is 3.26. The van der Waals surface area contributed by atoms with Crippen molar-refractivity contribution in [3.8, 4) is 11.5 Å². The van der Waals surface area contributed by atoms with Crippen molar-refractivity contribution in [2.24, 2.45) is 0 Å². The lowest BCUT2D eigenvalue weighted by atomic mass is 10.1. The monoisotopic (exact) mass is 400 g/mol. The molecule has 1 N–H and O–H groups in total. The minimum atomic E-state index is 0.0215. The third-order valence-electron chi connectivity index (χ3n) is 4.22. The Bertz CT molecular complexity index is 1090. The quantitative estimate of drug-likeness (QED) is 0.485. The summed E-state index contributed by atoms with van der Waals surface area (Å²) in [4.78, 5) is 4.65. The number of hydrogen-bond donors (Lipinski definition) is 1. The van der Waals surface area contributed by atoms with Gasteiger partial charge in [-0.1, -0.05) is 41.6 Å². The highest BCUT2D eigenvalue weighted by molar-refractivity contribution is 7.98. The Morgan fingerprint density at radius 3 is 2.85 bits per heavy atom. The Hall–Kier alpha value is -2.35. The SMILES string of the molecule is Cc1ccccc1-c1nnc(SCc2nc3ccc(Cl)cc3n2CCO)o1. The summed E-state index contributed by atoms with van der Waals surface area (Å²) in [7, 11) is 0. The summed E-state index contributed by atoms with van der Waals surface area (Å²) >= 11 is 7.52. The zero-order chi connectivity index (χ0) is 18.8. The zero-order valence-corrected chi connectivity index (χ0v) is 16.2. The number of aromatic nitrogens is 4. The molecule has 0 unspecified atom stereocenters. The van der Waals surface area contributed by atoms with E-state index in [9.17, 15) is 5.11 Å². The van der Waals surface area contributed by atoms with Gasteiger partial charge in [0.25, 0.3) is 5.22 Å². The highest BCUT2D eigenvalue weighted by atomic mass is 35.5. The Morgan fingerprint density at radius 1 is 1.19 bits per heavy atom. The van der Waals surface area contributed by atoms with Gasteiger partial charge >= 0.3 is 0 Å². The molecule has 27 heavy (non-hydrogen) atoms. The molecule has 0 saturated carbocycles. The molecule has 8 heteroatoms. The lowest BCUT2D eigenvalue weighted by Crippen LogP contribution is -2.06. The third kappa shape index (κ3) is 3.71. The number of fused-ring (bicyclic) bond motifs is 1. The van der Waals surface area contributed by atoms with E-state index in [0.717, 1.165) is 28.0 Å². The number of halogens is 1. The van der Waals surface area contributed by atoms with Crippen LogP contribution in [0.3, 0.4) is 0 Å². The van der Waals surface area contributed by atoms with E-state index in [4.69, 9.17) is 16.0 Å². The molecule has 4 rings (SSSR count). The molecule has 0 aliphatic heterocycles. The fourth-order valence-corrected chi connectivity index (χ4v) is 3.80. The number of aryl methyl sites for hydroxylation is 1. The van der Waals surface area contributed by atoms with Crippen molar-refractivity contribution in [2.45, 2.75) is 24.4 Å². The molecule has 2 heterocycles. The number of rotatable bonds is 6. The van der Waals surface area contributed by atoms with Gasteiger partial charge in [0.15, 0.2) is 0 Å². The van der Waals surface area contributed by atoms with Gasteiger partial charge in [0.2, 0.25) is 5.89 Å². The lowest BCUT2D eigenvalue weighted by Gasteiger charge is -2.06. The number of aliphatic hydroxyl groups excluding tert-OH is 1. The summed E-state index contributed by atoms with van der Waals surface area (Å²) in [5.41, 5.74) is 3.76. The first kappa shape index (κ1) is 18.0. The van der Waals surface area contributed by atoms with Crippen LogP contribution in [0.25, 0.3) is 22.5 Å². The van der Waals surface area contributed by atoms with Crippen LogP contribution in [0, 0.1) is 6.92 Å². The normalized spacial score (nSPS) is 11.4. The third-order valence-corrected chi connectivity index (χ3v) is 5.27. The second kappa shape index (κ2) is 7.72. The number of aliphatic hydroxyl groups is 1. The van der Waals surface area contributed by atoms with E-state index in [2.05, 4.69) is 15.2 Å². The number of nitrogens with zero attached hydrogens (tertiary/aromatic N) is 4. The molecule has 2 aromatic carbocycles. The highest BCUT2D eigenvalue weighted by Crippen LogP contribution is 2.29. The van der Waals surface area contributed by atoms with Crippen molar-refractivity contribution in [3.63, 3.8) is 0 Å². The number of imidazole rings is 1. The van der Waals surface area contributed by atoms with Crippen LogP contribution in [-0.2, 0) is 12.3 Å². The molecule has 6 nitrogen and oxygen atoms in total. The van der Waals surface area contributed by atoms with E-state index in [-0.39, 0.29) is 6.61 Å². The second-order valence-electron chi connectivity index (χ2n) is 6.01. The molecule has 0 radical (unpaired) electrons. The molecule has 0 fully saturated rings. The van der Waals surface area contributed by atoms with E-state index in [1.165, 1.54) is 11.8 Å². The van der Waals surface area contributed by atoms with Gasteiger partial charge in [-0.15, -0.1) is 10.2 Å². The molecule has 0 bridgehead atoms. The first-order valence-electron chi connectivity index (χ1n) is 8.43. The molecule has 0 aliphatic rings. The Kier molecular flexibility index (Phi) is 5.15. The van der Waals surface area contributed by atoms with Crippen LogP contribution >= 0.6 is 23.4 Å². The first-order chi connectivity index (χ1) is 13.2. The predicted molar refractivity (Wildman–Crippen MR) is 106 cm³/mol. The largest absolute Gasteiger partial charge is 0.411 e. The van der Waals surface area contributed by atoms with Crippen molar-refractivity contribution >= 4 is 34.4 Å². The van der Waals surface area contributed by atoms with E-state index in [1.54, 1.807) is 0 Å². The summed E-state index contributed by atoms with van der Waals surface area (Å²) in [5, 5.41) is 18.8. The minimum Gasteiger partial charge on any atom is -0.411 e. The van der Waals surface area contributed by atoms with Gasteiger partial charge in [-0.2, -0.15) is 0 Å². The Labute approximate surface area is 165 Å². The Balaban J connectivity index is 1.57. The predicted octanol–water partition coefficient (Wildman–Crippen LogP) is 4.33. The Morgan fingerprint density at radius 2 is 2.04 bits per heavy atom. The molecular weight excluding hydrogens is 384 g/mol. The molecular formula is C19H17ClN4O2S. The van der Waals surface area contributed by atoms with Gasteiger partial charge in [0, 0.05) is 17.1 Å². The van der Waals surface area contributed by atoms with E-state index < -0.39 is 0 Å². The molecule has 0 spiro atoms. The van der Waals surface area contributed by atoms with Gasteiger partial charge < -0.3 is 14.1 Å². The molecule has 138 valence electrons.